The molecule has 0 bridgehead atoms. The molecule has 1 aliphatic heterocycles. The van der Waals surface area contributed by atoms with E-state index in [0.29, 0.717) is 0 Å². The average molecular weight is 235 g/mol. The standard InChI is InChI=1S/C8H17N3O5/c1-3(13)11-4-5(14)6(15)8(10,2-12)16-7(4)9/h4-7,12,14-15H,2,9-10H2,1H3,(H,11,13)/t4-,5-,6+,7-,8-/m1/s1. The minimum Gasteiger partial charge on any atom is -0.392 e. The molecule has 1 rings (SSSR count). The van der Waals surface area contributed by atoms with Crippen molar-refractivity contribution in [2.24, 2.45) is 11.5 Å². The first-order chi connectivity index (χ1) is 7.31. The summed E-state index contributed by atoms with van der Waals surface area (Å²) in [6, 6.07) is -0.976. The molecule has 0 aromatic carbocycles. The van der Waals surface area contributed by atoms with E-state index in [-0.39, 0.29) is 0 Å². The molecule has 8 heteroatoms. The summed E-state index contributed by atoms with van der Waals surface area (Å²) < 4.78 is 5.00. The summed E-state index contributed by atoms with van der Waals surface area (Å²) in [6.07, 6.45) is -4.07. The molecule has 5 atom stereocenters. The molecule has 16 heavy (non-hydrogen) atoms. The van der Waals surface area contributed by atoms with Crippen LogP contribution < -0.4 is 16.8 Å². The number of hydrogen-bond donors (Lipinski definition) is 6. The van der Waals surface area contributed by atoms with Gasteiger partial charge in [-0.15, -0.1) is 0 Å². The van der Waals surface area contributed by atoms with Gasteiger partial charge in [-0.1, -0.05) is 0 Å². The van der Waals surface area contributed by atoms with Crippen LogP contribution in [0.1, 0.15) is 6.92 Å². The minimum atomic E-state index is -1.83. The van der Waals surface area contributed by atoms with E-state index in [1.54, 1.807) is 0 Å². The normalized spacial score (nSPS) is 44.1. The molecule has 94 valence electrons. The fourth-order valence-corrected chi connectivity index (χ4v) is 1.61. The molecule has 1 amide bonds. The van der Waals surface area contributed by atoms with Crippen molar-refractivity contribution in [3.8, 4) is 0 Å². The van der Waals surface area contributed by atoms with E-state index in [9.17, 15) is 15.0 Å². The van der Waals surface area contributed by atoms with Crippen molar-refractivity contribution in [3.05, 3.63) is 0 Å². The van der Waals surface area contributed by atoms with Gasteiger partial charge in [-0.3, -0.25) is 10.5 Å². The van der Waals surface area contributed by atoms with Gasteiger partial charge in [0.05, 0.1) is 12.6 Å². The zero-order valence-electron chi connectivity index (χ0n) is 8.83. The summed E-state index contributed by atoms with van der Waals surface area (Å²) in [5.74, 6) is -0.427. The minimum absolute atomic E-state index is 0.427. The summed E-state index contributed by atoms with van der Waals surface area (Å²) in [5, 5.41) is 30.6. The monoisotopic (exact) mass is 235 g/mol. The molecule has 0 aromatic heterocycles. The molecule has 1 aliphatic rings. The Balaban J connectivity index is 2.83. The van der Waals surface area contributed by atoms with Crippen molar-refractivity contribution >= 4 is 5.91 Å². The highest BCUT2D eigenvalue weighted by molar-refractivity contribution is 5.73. The van der Waals surface area contributed by atoms with E-state index >= 15 is 0 Å². The molecular formula is C8H17N3O5. The number of nitrogens with two attached hydrogens (primary N) is 2. The van der Waals surface area contributed by atoms with Crippen molar-refractivity contribution < 1.29 is 24.9 Å². The number of carbonyl (C=O) groups is 1. The lowest BCUT2D eigenvalue weighted by atomic mass is 9.92. The van der Waals surface area contributed by atoms with Gasteiger partial charge in [-0.2, -0.15) is 0 Å². The predicted octanol–water partition coefficient (Wildman–Crippen LogP) is -3.82. The third-order valence-electron chi connectivity index (χ3n) is 2.52. The highest BCUT2D eigenvalue weighted by Gasteiger charge is 2.50. The topological polar surface area (TPSA) is 151 Å². The zero-order chi connectivity index (χ0) is 12.5. The van der Waals surface area contributed by atoms with Crippen LogP contribution in [0, 0.1) is 0 Å². The summed E-state index contributed by atoms with van der Waals surface area (Å²) in [7, 11) is 0. The molecule has 1 heterocycles. The van der Waals surface area contributed by atoms with Gasteiger partial charge >= 0.3 is 0 Å². The zero-order valence-corrected chi connectivity index (χ0v) is 8.83. The van der Waals surface area contributed by atoms with E-state index in [0.717, 1.165) is 0 Å². The molecule has 8 nitrogen and oxygen atoms in total. The van der Waals surface area contributed by atoms with Crippen LogP contribution in [0.4, 0.5) is 0 Å². The SMILES string of the molecule is CC(=O)N[C@@H]1[C@@H](O)[C@H](O)[C@@](N)(CO)O[C@H]1N. The van der Waals surface area contributed by atoms with Gasteiger partial charge < -0.3 is 31.1 Å². The maximum absolute atomic E-state index is 10.8. The molecule has 0 spiro atoms. The van der Waals surface area contributed by atoms with E-state index in [4.69, 9.17) is 21.3 Å². The molecule has 0 radical (unpaired) electrons. The van der Waals surface area contributed by atoms with Crippen LogP contribution in [0.15, 0.2) is 0 Å². The van der Waals surface area contributed by atoms with Crippen LogP contribution in [0.5, 0.6) is 0 Å². The second-order valence-corrected chi connectivity index (χ2v) is 3.86. The molecule has 8 N–H and O–H groups in total. The van der Waals surface area contributed by atoms with Gasteiger partial charge in [0.25, 0.3) is 0 Å². The molecular weight excluding hydrogens is 218 g/mol. The predicted molar refractivity (Wildman–Crippen MR) is 52.7 cm³/mol. The maximum Gasteiger partial charge on any atom is 0.217 e. The second-order valence-electron chi connectivity index (χ2n) is 3.86. The Kier molecular flexibility index (Phi) is 3.84. The first-order valence-corrected chi connectivity index (χ1v) is 4.78. The van der Waals surface area contributed by atoms with E-state index in [1.165, 1.54) is 6.92 Å². The Hall–Kier alpha value is -0.770. The first-order valence-electron chi connectivity index (χ1n) is 4.78. The smallest absolute Gasteiger partial charge is 0.217 e. The van der Waals surface area contributed by atoms with Gasteiger partial charge in [-0.25, -0.2) is 0 Å². The van der Waals surface area contributed by atoms with Gasteiger partial charge in [0, 0.05) is 6.92 Å². The number of hydrogen-bond acceptors (Lipinski definition) is 7. The van der Waals surface area contributed by atoms with Crippen molar-refractivity contribution in [1.82, 2.24) is 5.32 Å². The van der Waals surface area contributed by atoms with Gasteiger partial charge in [0.15, 0.2) is 5.72 Å². The van der Waals surface area contributed by atoms with Crippen LogP contribution in [-0.4, -0.2) is 58.0 Å². The fraction of sp³-hybridized carbons (Fsp3) is 0.875. The Morgan fingerprint density at radius 2 is 2.12 bits per heavy atom. The lowest BCUT2D eigenvalue weighted by Crippen LogP contribution is -2.74. The molecule has 1 saturated heterocycles. The fourth-order valence-electron chi connectivity index (χ4n) is 1.61. The number of rotatable bonds is 2. The highest BCUT2D eigenvalue weighted by atomic mass is 16.6. The van der Waals surface area contributed by atoms with Gasteiger partial charge in [0.1, 0.15) is 18.4 Å². The van der Waals surface area contributed by atoms with Crippen LogP contribution in [0.25, 0.3) is 0 Å². The third kappa shape index (κ3) is 2.32. The number of aliphatic hydroxyl groups is 3. The third-order valence-corrected chi connectivity index (χ3v) is 2.52. The van der Waals surface area contributed by atoms with E-state index in [2.05, 4.69) is 5.32 Å². The Morgan fingerprint density at radius 3 is 2.56 bits per heavy atom. The van der Waals surface area contributed by atoms with Crippen molar-refractivity contribution in [2.75, 3.05) is 6.61 Å². The molecule has 0 unspecified atom stereocenters. The number of nitrogens with one attached hydrogen (secondary N) is 1. The first kappa shape index (κ1) is 13.3. The maximum atomic E-state index is 10.8. The van der Waals surface area contributed by atoms with E-state index < -0.39 is 42.7 Å². The summed E-state index contributed by atoms with van der Waals surface area (Å²) in [5.41, 5.74) is 9.21. The molecule has 1 fully saturated rings. The van der Waals surface area contributed by atoms with E-state index in [1.807, 2.05) is 0 Å². The molecule has 0 aromatic rings. The molecule has 0 saturated carbocycles. The molecule has 0 aliphatic carbocycles. The van der Waals surface area contributed by atoms with Crippen LogP contribution >= 0.6 is 0 Å². The van der Waals surface area contributed by atoms with Gasteiger partial charge in [-0.05, 0) is 0 Å². The van der Waals surface area contributed by atoms with Crippen LogP contribution in [-0.2, 0) is 9.53 Å². The van der Waals surface area contributed by atoms with Crippen LogP contribution in [0.3, 0.4) is 0 Å². The number of carbonyl (C=O) groups excluding carboxylic acids is 1. The lowest BCUT2D eigenvalue weighted by Gasteiger charge is -2.46. The Labute approximate surface area is 92.2 Å². The quantitative estimate of drug-likeness (QED) is 0.287. The Morgan fingerprint density at radius 1 is 1.56 bits per heavy atom. The number of ether oxygens (including phenoxy) is 1. The van der Waals surface area contributed by atoms with Crippen LogP contribution in [0.2, 0.25) is 0 Å². The Bertz CT molecular complexity index is 276. The second kappa shape index (κ2) is 4.62. The van der Waals surface area contributed by atoms with Crippen molar-refractivity contribution in [2.45, 2.75) is 37.1 Å². The summed E-state index contributed by atoms with van der Waals surface area (Å²) in [4.78, 5) is 10.8. The van der Waals surface area contributed by atoms with Crippen molar-refractivity contribution in [3.63, 3.8) is 0 Å². The number of aliphatic hydroxyl groups excluding tert-OH is 3. The highest BCUT2D eigenvalue weighted by Crippen LogP contribution is 2.23. The summed E-state index contributed by atoms with van der Waals surface area (Å²) in [6.45, 7) is 0.536. The van der Waals surface area contributed by atoms with Gasteiger partial charge in [0.2, 0.25) is 5.91 Å². The lowest BCUT2D eigenvalue weighted by molar-refractivity contribution is -0.247. The average Bonchev–Trinajstić information content (AvgIpc) is 2.21. The van der Waals surface area contributed by atoms with Crippen molar-refractivity contribution in [1.29, 1.82) is 0 Å². The number of amides is 1. The summed E-state index contributed by atoms with van der Waals surface area (Å²) >= 11 is 0. The largest absolute Gasteiger partial charge is 0.392 e.